The van der Waals surface area contributed by atoms with Gasteiger partial charge in [-0.15, -0.1) is 0 Å². The molecule has 0 bridgehead atoms. The molecule has 0 aliphatic heterocycles. The molecule has 7 heteroatoms. The number of halogens is 1. The van der Waals surface area contributed by atoms with E-state index in [1.165, 1.54) is 6.07 Å². The number of nitrogens with zero attached hydrogens (tertiary/aromatic N) is 3. The number of rotatable bonds is 6. The van der Waals surface area contributed by atoms with Crippen LogP contribution < -0.4 is 10.6 Å². The molecule has 2 heterocycles. The number of aromatic nitrogens is 3. The van der Waals surface area contributed by atoms with E-state index in [4.69, 9.17) is 0 Å². The summed E-state index contributed by atoms with van der Waals surface area (Å²) in [6.45, 7) is 3.48. The molecule has 1 aromatic carbocycles. The second-order valence-electron chi connectivity index (χ2n) is 6.02. The zero-order chi connectivity index (χ0) is 18.5. The highest BCUT2D eigenvalue weighted by atomic mass is 19.1. The lowest BCUT2D eigenvalue weighted by molar-refractivity contribution is 0.281. The smallest absolute Gasteiger partial charge is 0.225 e. The first-order chi connectivity index (χ1) is 12.5. The van der Waals surface area contributed by atoms with Crippen molar-refractivity contribution in [3.05, 3.63) is 60.2 Å². The molecular formula is C19H20FN5O. The number of benzene rings is 1. The van der Waals surface area contributed by atoms with Crippen LogP contribution >= 0.6 is 0 Å². The van der Waals surface area contributed by atoms with Crippen molar-refractivity contribution in [2.45, 2.75) is 19.9 Å². The van der Waals surface area contributed by atoms with Crippen LogP contribution in [0.5, 0.6) is 0 Å². The maximum absolute atomic E-state index is 13.8. The molecule has 0 aliphatic carbocycles. The van der Waals surface area contributed by atoms with Crippen LogP contribution in [0.2, 0.25) is 0 Å². The number of hydrogen-bond acceptors (Lipinski definition) is 6. The van der Waals surface area contributed by atoms with Crippen molar-refractivity contribution in [1.82, 2.24) is 15.0 Å². The average molecular weight is 353 g/mol. The summed E-state index contributed by atoms with van der Waals surface area (Å²) in [5, 5.41) is 15.4. The van der Waals surface area contributed by atoms with Crippen LogP contribution in [-0.4, -0.2) is 32.7 Å². The van der Waals surface area contributed by atoms with Crippen molar-refractivity contribution in [2.24, 2.45) is 0 Å². The van der Waals surface area contributed by atoms with E-state index in [1.807, 2.05) is 19.1 Å². The lowest BCUT2D eigenvalue weighted by atomic mass is 10.2. The SMILES string of the molecule is Cc1ccc(Nc2cc(-c3cccnc3)nc(N[C@H](C)CO)n2)cc1F. The first-order valence-corrected chi connectivity index (χ1v) is 8.25. The molecule has 0 saturated heterocycles. The highest BCUT2D eigenvalue weighted by molar-refractivity contribution is 5.67. The maximum atomic E-state index is 13.8. The van der Waals surface area contributed by atoms with Crippen LogP contribution in [0.25, 0.3) is 11.3 Å². The van der Waals surface area contributed by atoms with Crippen molar-refractivity contribution in [2.75, 3.05) is 17.2 Å². The van der Waals surface area contributed by atoms with Gasteiger partial charge in [-0.1, -0.05) is 6.07 Å². The van der Waals surface area contributed by atoms with Crippen molar-refractivity contribution in [3.8, 4) is 11.3 Å². The fourth-order valence-electron chi connectivity index (χ4n) is 2.32. The molecule has 26 heavy (non-hydrogen) atoms. The van der Waals surface area contributed by atoms with Gasteiger partial charge in [0.1, 0.15) is 11.6 Å². The maximum Gasteiger partial charge on any atom is 0.225 e. The third kappa shape index (κ3) is 4.31. The molecule has 0 spiro atoms. The molecule has 0 aliphatic rings. The van der Waals surface area contributed by atoms with E-state index in [0.29, 0.717) is 28.7 Å². The minimum atomic E-state index is -0.288. The van der Waals surface area contributed by atoms with Gasteiger partial charge in [0, 0.05) is 35.8 Å². The molecule has 0 radical (unpaired) electrons. The van der Waals surface area contributed by atoms with E-state index in [-0.39, 0.29) is 18.5 Å². The van der Waals surface area contributed by atoms with E-state index in [9.17, 15) is 9.50 Å². The van der Waals surface area contributed by atoms with Crippen molar-refractivity contribution in [1.29, 1.82) is 0 Å². The molecular weight excluding hydrogens is 333 g/mol. The third-order valence-electron chi connectivity index (χ3n) is 3.78. The normalized spacial score (nSPS) is 11.8. The fraction of sp³-hybridized carbons (Fsp3) is 0.211. The standard InChI is InChI=1S/C19H20FN5O/c1-12-5-6-15(8-16(12)20)23-18-9-17(14-4-3-7-21-10-14)24-19(25-18)22-13(2)11-26/h3-10,13,26H,11H2,1-2H3,(H2,22,23,24,25)/t13-/m1/s1. The Morgan fingerprint density at radius 2 is 2.04 bits per heavy atom. The third-order valence-corrected chi connectivity index (χ3v) is 3.78. The van der Waals surface area contributed by atoms with Gasteiger partial charge in [-0.25, -0.2) is 9.37 Å². The topological polar surface area (TPSA) is 83.0 Å². The van der Waals surface area contributed by atoms with Crippen molar-refractivity contribution >= 4 is 17.5 Å². The number of nitrogens with one attached hydrogen (secondary N) is 2. The van der Waals surface area contributed by atoms with Gasteiger partial charge in [-0.3, -0.25) is 4.98 Å². The Kier molecular flexibility index (Phi) is 5.38. The molecule has 2 aromatic heterocycles. The minimum absolute atomic E-state index is 0.0492. The van der Waals surface area contributed by atoms with Crippen LogP contribution in [0.15, 0.2) is 48.8 Å². The molecule has 134 valence electrons. The van der Waals surface area contributed by atoms with E-state index in [0.717, 1.165) is 5.56 Å². The molecule has 0 fully saturated rings. The van der Waals surface area contributed by atoms with Gasteiger partial charge in [0.25, 0.3) is 0 Å². The number of hydrogen-bond donors (Lipinski definition) is 3. The summed E-state index contributed by atoms with van der Waals surface area (Å²) in [6.07, 6.45) is 3.39. The number of anilines is 3. The number of aliphatic hydroxyl groups excluding tert-OH is 1. The molecule has 1 atom stereocenters. The van der Waals surface area contributed by atoms with Gasteiger partial charge < -0.3 is 15.7 Å². The highest BCUT2D eigenvalue weighted by Crippen LogP contribution is 2.24. The predicted octanol–water partition coefficient (Wildman–Crippen LogP) is 3.52. The Balaban J connectivity index is 1.97. The Labute approximate surface area is 151 Å². The van der Waals surface area contributed by atoms with Crippen LogP contribution in [0.4, 0.5) is 21.8 Å². The van der Waals surface area contributed by atoms with Gasteiger partial charge in [0.2, 0.25) is 5.95 Å². The van der Waals surface area contributed by atoms with Crippen LogP contribution in [-0.2, 0) is 0 Å². The summed E-state index contributed by atoms with van der Waals surface area (Å²) in [6, 6.07) is 10.2. The number of aryl methyl sites for hydroxylation is 1. The lowest BCUT2D eigenvalue weighted by Crippen LogP contribution is -2.21. The average Bonchev–Trinajstić information content (AvgIpc) is 2.65. The van der Waals surface area contributed by atoms with E-state index < -0.39 is 0 Å². The second-order valence-corrected chi connectivity index (χ2v) is 6.02. The van der Waals surface area contributed by atoms with Gasteiger partial charge in [0.15, 0.2) is 0 Å². The summed E-state index contributed by atoms with van der Waals surface area (Å²) in [4.78, 5) is 13.0. The van der Waals surface area contributed by atoms with Gasteiger partial charge >= 0.3 is 0 Å². The number of aliphatic hydroxyl groups is 1. The molecule has 0 amide bonds. The molecule has 3 N–H and O–H groups in total. The van der Waals surface area contributed by atoms with Gasteiger partial charge in [-0.05, 0) is 43.7 Å². The van der Waals surface area contributed by atoms with Crippen molar-refractivity contribution < 1.29 is 9.50 Å². The Morgan fingerprint density at radius 3 is 2.73 bits per heavy atom. The van der Waals surface area contributed by atoms with Crippen LogP contribution in [0.3, 0.4) is 0 Å². The first kappa shape index (κ1) is 17.8. The number of pyridine rings is 1. The van der Waals surface area contributed by atoms with Crippen LogP contribution in [0.1, 0.15) is 12.5 Å². The van der Waals surface area contributed by atoms with Gasteiger partial charge in [-0.2, -0.15) is 4.98 Å². The van der Waals surface area contributed by atoms with E-state index in [2.05, 4.69) is 25.6 Å². The minimum Gasteiger partial charge on any atom is -0.394 e. The largest absolute Gasteiger partial charge is 0.394 e. The van der Waals surface area contributed by atoms with Gasteiger partial charge in [0.05, 0.1) is 12.3 Å². The molecule has 3 rings (SSSR count). The first-order valence-electron chi connectivity index (χ1n) is 8.25. The molecule has 0 unspecified atom stereocenters. The predicted molar refractivity (Wildman–Crippen MR) is 99.9 cm³/mol. The zero-order valence-corrected chi connectivity index (χ0v) is 14.6. The lowest BCUT2D eigenvalue weighted by Gasteiger charge is -2.14. The summed E-state index contributed by atoms with van der Waals surface area (Å²) >= 11 is 0. The molecule has 3 aromatic rings. The van der Waals surface area contributed by atoms with E-state index in [1.54, 1.807) is 37.5 Å². The summed E-state index contributed by atoms with van der Waals surface area (Å²) in [5.41, 5.74) is 2.65. The van der Waals surface area contributed by atoms with Crippen molar-refractivity contribution in [3.63, 3.8) is 0 Å². The Hall–Kier alpha value is -3.06. The monoisotopic (exact) mass is 353 g/mol. The Bertz CT molecular complexity index is 888. The molecule has 0 saturated carbocycles. The summed E-state index contributed by atoms with van der Waals surface area (Å²) < 4.78 is 13.8. The fourth-order valence-corrected chi connectivity index (χ4v) is 2.32. The molecule has 6 nitrogen and oxygen atoms in total. The summed E-state index contributed by atoms with van der Waals surface area (Å²) in [5.74, 6) is 0.585. The summed E-state index contributed by atoms with van der Waals surface area (Å²) in [7, 11) is 0. The Morgan fingerprint density at radius 1 is 1.19 bits per heavy atom. The highest BCUT2D eigenvalue weighted by Gasteiger charge is 2.10. The quantitative estimate of drug-likeness (QED) is 0.629. The van der Waals surface area contributed by atoms with Crippen LogP contribution in [0, 0.1) is 12.7 Å². The zero-order valence-electron chi connectivity index (χ0n) is 14.6. The van der Waals surface area contributed by atoms with E-state index >= 15 is 0 Å². The second kappa shape index (κ2) is 7.88.